The predicted molar refractivity (Wildman–Crippen MR) is 235 cm³/mol. The van der Waals surface area contributed by atoms with Gasteiger partial charge in [-0.3, -0.25) is 4.99 Å². The summed E-state index contributed by atoms with van der Waals surface area (Å²) in [5, 5.41) is 0. The van der Waals surface area contributed by atoms with E-state index >= 15 is 0 Å². The standard InChI is InChI=1S/C54H38N2O/c1-54(2)47-27-25-40-28-39-10-6-7-13-45(39)51(40)52(47)46-26-24-38(32-48(46)54)43-30-41(35-18-16-34(17-19-35)33-55-44-11-4-3-5-12-44)29-42(31-43)36-20-22-37(23-21-36)53-56-49-14-8-9-15-50(49)57-53/h3-27,29-33H,28H2,1-2H3. The van der Waals surface area contributed by atoms with Gasteiger partial charge in [0, 0.05) is 17.2 Å². The van der Waals surface area contributed by atoms with Gasteiger partial charge < -0.3 is 4.42 Å². The Kier molecular flexibility index (Phi) is 7.58. The first-order chi connectivity index (χ1) is 28.0. The number of benzene rings is 8. The summed E-state index contributed by atoms with van der Waals surface area (Å²) < 4.78 is 6.10. The van der Waals surface area contributed by atoms with Crippen LogP contribution in [0.15, 0.2) is 185 Å². The minimum absolute atomic E-state index is 0.134. The summed E-state index contributed by atoms with van der Waals surface area (Å²) in [6, 6.07) is 63.1. The van der Waals surface area contributed by atoms with Crippen LogP contribution in [0.25, 0.3) is 78.2 Å². The van der Waals surface area contributed by atoms with Crippen molar-refractivity contribution in [3.8, 4) is 67.1 Å². The van der Waals surface area contributed by atoms with Crippen LogP contribution in [0.4, 0.5) is 5.69 Å². The molecule has 0 saturated carbocycles. The van der Waals surface area contributed by atoms with Crippen molar-refractivity contribution >= 4 is 23.0 Å². The Morgan fingerprint density at radius 1 is 0.509 bits per heavy atom. The van der Waals surface area contributed by atoms with Crippen molar-refractivity contribution in [2.45, 2.75) is 25.7 Å². The van der Waals surface area contributed by atoms with Crippen LogP contribution in [0.1, 0.15) is 41.7 Å². The molecule has 8 aromatic carbocycles. The molecule has 0 bridgehead atoms. The van der Waals surface area contributed by atoms with Gasteiger partial charge in [-0.1, -0.05) is 129 Å². The highest BCUT2D eigenvalue weighted by atomic mass is 16.3. The van der Waals surface area contributed by atoms with Gasteiger partial charge >= 0.3 is 0 Å². The van der Waals surface area contributed by atoms with Gasteiger partial charge in [0.25, 0.3) is 0 Å². The lowest BCUT2D eigenvalue weighted by Gasteiger charge is -2.22. The van der Waals surface area contributed by atoms with E-state index in [0.717, 1.165) is 56.6 Å². The number of para-hydroxylation sites is 3. The summed E-state index contributed by atoms with van der Waals surface area (Å²) in [6.07, 6.45) is 2.93. The van der Waals surface area contributed by atoms with Crippen molar-refractivity contribution in [1.29, 1.82) is 0 Å². The molecule has 0 fully saturated rings. The zero-order chi connectivity index (χ0) is 38.1. The van der Waals surface area contributed by atoms with Crippen molar-refractivity contribution in [1.82, 2.24) is 4.98 Å². The normalized spacial score (nSPS) is 13.4. The Morgan fingerprint density at radius 2 is 1.16 bits per heavy atom. The molecule has 11 rings (SSSR count). The number of nitrogens with zero attached hydrogens (tertiary/aromatic N) is 2. The van der Waals surface area contributed by atoms with Crippen molar-refractivity contribution in [2.75, 3.05) is 0 Å². The van der Waals surface area contributed by atoms with Gasteiger partial charge in [-0.05, 0) is 151 Å². The fraction of sp³-hybridized carbons (Fsp3) is 0.0741. The van der Waals surface area contributed by atoms with Crippen molar-refractivity contribution in [2.24, 2.45) is 4.99 Å². The monoisotopic (exact) mass is 730 g/mol. The Hall–Kier alpha value is -7.10. The van der Waals surface area contributed by atoms with Gasteiger partial charge in [0.05, 0.1) is 5.69 Å². The van der Waals surface area contributed by atoms with Crippen molar-refractivity contribution in [3.63, 3.8) is 0 Å². The molecular formula is C54H38N2O. The molecule has 0 N–H and O–H groups in total. The summed E-state index contributed by atoms with van der Waals surface area (Å²) in [7, 11) is 0. The number of aliphatic imine (C=N–C) groups is 1. The molecule has 0 radical (unpaired) electrons. The van der Waals surface area contributed by atoms with E-state index in [0.29, 0.717) is 5.89 Å². The van der Waals surface area contributed by atoms with Crippen molar-refractivity contribution in [3.05, 3.63) is 204 Å². The number of rotatable bonds is 6. The van der Waals surface area contributed by atoms with Gasteiger partial charge in [-0.15, -0.1) is 0 Å². The summed E-state index contributed by atoms with van der Waals surface area (Å²) >= 11 is 0. The van der Waals surface area contributed by atoms with Crippen LogP contribution in [-0.2, 0) is 11.8 Å². The molecule has 0 aliphatic heterocycles. The molecule has 3 nitrogen and oxygen atoms in total. The Labute approximate surface area is 332 Å². The second-order valence-electron chi connectivity index (χ2n) is 15.8. The van der Waals surface area contributed by atoms with E-state index in [9.17, 15) is 0 Å². The molecule has 2 aliphatic rings. The lowest BCUT2D eigenvalue weighted by atomic mass is 9.81. The summed E-state index contributed by atoms with van der Waals surface area (Å²) in [4.78, 5) is 9.42. The molecule has 0 spiro atoms. The van der Waals surface area contributed by atoms with Gasteiger partial charge in [-0.2, -0.15) is 0 Å². The summed E-state index contributed by atoms with van der Waals surface area (Å²) in [6.45, 7) is 4.77. The zero-order valence-corrected chi connectivity index (χ0v) is 31.8. The van der Waals surface area contributed by atoms with E-state index in [1.54, 1.807) is 0 Å². The molecular weight excluding hydrogens is 693 g/mol. The molecule has 2 aliphatic carbocycles. The molecule has 1 heterocycles. The van der Waals surface area contributed by atoms with Crippen LogP contribution in [0.5, 0.6) is 0 Å². The van der Waals surface area contributed by atoms with Crippen molar-refractivity contribution < 1.29 is 4.42 Å². The van der Waals surface area contributed by atoms with E-state index in [1.807, 2.05) is 60.8 Å². The maximum absolute atomic E-state index is 6.10. The first kappa shape index (κ1) is 33.3. The average molecular weight is 731 g/mol. The Bertz CT molecular complexity index is 3010. The van der Waals surface area contributed by atoms with E-state index in [2.05, 4.69) is 140 Å². The molecule has 57 heavy (non-hydrogen) atoms. The van der Waals surface area contributed by atoms with E-state index in [-0.39, 0.29) is 5.41 Å². The minimum atomic E-state index is -0.134. The first-order valence-electron chi connectivity index (χ1n) is 19.7. The smallest absolute Gasteiger partial charge is 0.227 e. The number of hydrogen-bond donors (Lipinski definition) is 0. The maximum Gasteiger partial charge on any atom is 0.227 e. The molecule has 0 atom stereocenters. The fourth-order valence-electron chi connectivity index (χ4n) is 8.98. The van der Waals surface area contributed by atoms with Gasteiger partial charge in [0.15, 0.2) is 5.58 Å². The quantitative estimate of drug-likeness (QED) is 0.160. The highest BCUT2D eigenvalue weighted by molar-refractivity contribution is 5.98. The molecule has 0 unspecified atom stereocenters. The number of oxazole rings is 1. The lowest BCUT2D eigenvalue weighted by Crippen LogP contribution is -2.15. The third-order valence-corrected chi connectivity index (χ3v) is 12.0. The van der Waals surface area contributed by atoms with Crippen LogP contribution < -0.4 is 0 Å². The van der Waals surface area contributed by atoms with Crippen LogP contribution >= 0.6 is 0 Å². The third kappa shape index (κ3) is 5.66. The highest BCUT2D eigenvalue weighted by Gasteiger charge is 2.39. The third-order valence-electron chi connectivity index (χ3n) is 12.0. The van der Waals surface area contributed by atoms with Crippen LogP contribution in [0, 0.1) is 0 Å². The largest absolute Gasteiger partial charge is 0.436 e. The second kappa shape index (κ2) is 13.0. The molecule has 270 valence electrons. The number of fused-ring (bicyclic) bond motifs is 8. The minimum Gasteiger partial charge on any atom is -0.436 e. The topological polar surface area (TPSA) is 38.4 Å². The lowest BCUT2D eigenvalue weighted by molar-refractivity contribution is 0.620. The van der Waals surface area contributed by atoms with Crippen LogP contribution in [-0.4, -0.2) is 11.2 Å². The molecule has 3 heteroatoms. The highest BCUT2D eigenvalue weighted by Crippen LogP contribution is 2.56. The molecule has 1 aromatic heterocycles. The summed E-state index contributed by atoms with van der Waals surface area (Å²) in [5.74, 6) is 0.629. The van der Waals surface area contributed by atoms with Crippen LogP contribution in [0.3, 0.4) is 0 Å². The maximum atomic E-state index is 6.10. The van der Waals surface area contributed by atoms with E-state index in [1.165, 1.54) is 55.6 Å². The molecule has 0 amide bonds. The summed E-state index contributed by atoms with van der Waals surface area (Å²) in [5.41, 5.74) is 22.7. The molecule has 0 saturated heterocycles. The SMILES string of the molecule is CC1(C)c2cc(-c3cc(-c4ccc(C=Nc5ccccc5)cc4)cc(-c4ccc(-c5nc6ccccc6o5)cc4)c3)ccc2-c2c1ccc1c2-c2ccccc2C1. The Morgan fingerprint density at radius 3 is 1.93 bits per heavy atom. The number of hydrogen-bond acceptors (Lipinski definition) is 3. The van der Waals surface area contributed by atoms with Crippen LogP contribution in [0.2, 0.25) is 0 Å². The van der Waals surface area contributed by atoms with E-state index < -0.39 is 0 Å². The van der Waals surface area contributed by atoms with Gasteiger partial charge in [0.1, 0.15) is 5.52 Å². The number of aromatic nitrogens is 1. The second-order valence-corrected chi connectivity index (χ2v) is 15.8. The average Bonchev–Trinajstić information content (AvgIpc) is 3.93. The van der Waals surface area contributed by atoms with Gasteiger partial charge in [0.2, 0.25) is 5.89 Å². The fourth-order valence-corrected chi connectivity index (χ4v) is 8.98. The predicted octanol–water partition coefficient (Wildman–Crippen LogP) is 14.1. The Balaban J connectivity index is 1.01. The molecule has 9 aromatic rings. The zero-order valence-electron chi connectivity index (χ0n) is 31.8. The first-order valence-corrected chi connectivity index (χ1v) is 19.7. The van der Waals surface area contributed by atoms with E-state index in [4.69, 9.17) is 9.40 Å². The van der Waals surface area contributed by atoms with Gasteiger partial charge in [-0.25, -0.2) is 4.98 Å².